The van der Waals surface area contributed by atoms with Gasteiger partial charge >= 0.3 is 0 Å². The van der Waals surface area contributed by atoms with Gasteiger partial charge in [-0.25, -0.2) is 4.98 Å². The molecule has 0 saturated carbocycles. The lowest BCUT2D eigenvalue weighted by atomic mass is 10.0. The van der Waals surface area contributed by atoms with Crippen LogP contribution in [-0.4, -0.2) is 28.9 Å². The fourth-order valence-electron chi connectivity index (χ4n) is 3.35. The van der Waals surface area contributed by atoms with E-state index < -0.39 is 6.04 Å². The third-order valence-electron chi connectivity index (χ3n) is 4.60. The molecule has 25 heavy (non-hydrogen) atoms. The molecule has 1 fully saturated rings. The molecule has 2 heterocycles. The van der Waals surface area contributed by atoms with Crippen LogP contribution in [0.15, 0.2) is 52.9 Å². The van der Waals surface area contributed by atoms with E-state index in [1.165, 1.54) is 0 Å². The number of benzene rings is 2. The third kappa shape index (κ3) is 3.22. The molecular weight excluding hydrogens is 314 g/mol. The number of anilines is 1. The normalized spacial score (nSPS) is 15.5. The Kier molecular flexibility index (Phi) is 4.14. The number of hydrogen-bond donors (Lipinski definition) is 1. The molecule has 0 spiro atoms. The summed E-state index contributed by atoms with van der Waals surface area (Å²) in [7, 11) is 0. The lowest BCUT2D eigenvalue weighted by Gasteiger charge is -2.25. The van der Waals surface area contributed by atoms with Gasteiger partial charge in [-0.05, 0) is 36.6 Å². The van der Waals surface area contributed by atoms with Crippen molar-refractivity contribution in [1.82, 2.24) is 9.88 Å². The summed E-state index contributed by atoms with van der Waals surface area (Å²) in [6.45, 7) is 3.51. The van der Waals surface area contributed by atoms with Crippen molar-refractivity contribution in [2.75, 3.05) is 18.4 Å². The lowest BCUT2D eigenvalue weighted by Crippen LogP contribution is -2.36. The molecular formula is C20H21N3O2. The summed E-state index contributed by atoms with van der Waals surface area (Å²) in [6.07, 6.45) is 2.16. The van der Waals surface area contributed by atoms with Crippen molar-refractivity contribution in [2.24, 2.45) is 0 Å². The van der Waals surface area contributed by atoms with E-state index in [1.807, 2.05) is 60.4 Å². The zero-order valence-electron chi connectivity index (χ0n) is 14.2. The zero-order valence-corrected chi connectivity index (χ0v) is 14.2. The van der Waals surface area contributed by atoms with Gasteiger partial charge in [0.15, 0.2) is 11.5 Å². The number of carbonyl (C=O) groups is 1. The molecule has 3 aromatic rings. The van der Waals surface area contributed by atoms with Gasteiger partial charge in [0.05, 0.1) is 0 Å². The molecule has 0 aliphatic carbocycles. The van der Waals surface area contributed by atoms with Gasteiger partial charge in [-0.3, -0.25) is 4.79 Å². The molecule has 1 N–H and O–H groups in total. The predicted molar refractivity (Wildman–Crippen MR) is 97.4 cm³/mol. The second kappa shape index (κ2) is 6.59. The molecule has 4 rings (SSSR count). The Labute approximate surface area is 146 Å². The van der Waals surface area contributed by atoms with Gasteiger partial charge in [0.1, 0.15) is 11.6 Å². The van der Waals surface area contributed by atoms with Crippen LogP contribution in [-0.2, 0) is 4.79 Å². The average molecular weight is 335 g/mol. The van der Waals surface area contributed by atoms with Crippen LogP contribution < -0.4 is 5.32 Å². The number of rotatable bonds is 4. The second-order valence-electron chi connectivity index (χ2n) is 6.44. The number of amides is 1. The van der Waals surface area contributed by atoms with Crippen LogP contribution >= 0.6 is 0 Å². The highest BCUT2D eigenvalue weighted by atomic mass is 16.3. The van der Waals surface area contributed by atoms with Crippen molar-refractivity contribution in [3.05, 3.63) is 60.0 Å². The first-order valence-electron chi connectivity index (χ1n) is 8.68. The summed E-state index contributed by atoms with van der Waals surface area (Å²) in [6, 6.07) is 15.2. The van der Waals surface area contributed by atoms with E-state index in [0.717, 1.165) is 48.3 Å². The number of carbonyl (C=O) groups excluding carboxylic acids is 1. The first kappa shape index (κ1) is 15.7. The third-order valence-corrected chi connectivity index (χ3v) is 4.60. The zero-order chi connectivity index (χ0) is 17.2. The Morgan fingerprint density at radius 2 is 1.92 bits per heavy atom. The number of oxazole rings is 1. The molecule has 1 aliphatic heterocycles. The molecule has 1 atom stereocenters. The van der Waals surface area contributed by atoms with Crippen LogP contribution in [0.2, 0.25) is 0 Å². The molecule has 0 radical (unpaired) electrons. The molecule has 1 amide bonds. The predicted octanol–water partition coefficient (Wildman–Crippen LogP) is 3.91. The quantitative estimate of drug-likeness (QED) is 0.785. The van der Waals surface area contributed by atoms with Crippen LogP contribution in [0.5, 0.6) is 0 Å². The van der Waals surface area contributed by atoms with Gasteiger partial charge in [0.25, 0.3) is 0 Å². The maximum absolute atomic E-state index is 13.0. The molecule has 0 bridgehead atoms. The van der Waals surface area contributed by atoms with Crippen LogP contribution in [0.25, 0.3) is 11.1 Å². The largest absolute Gasteiger partial charge is 0.441 e. The number of aromatic nitrogens is 1. The summed E-state index contributed by atoms with van der Waals surface area (Å²) in [5.74, 6) is 0.764. The van der Waals surface area contributed by atoms with Gasteiger partial charge < -0.3 is 14.6 Å². The van der Waals surface area contributed by atoms with Crippen LogP contribution in [0, 0.1) is 6.92 Å². The smallest absolute Gasteiger partial charge is 0.249 e. The van der Waals surface area contributed by atoms with E-state index in [0.29, 0.717) is 5.89 Å². The first-order chi connectivity index (χ1) is 12.2. The van der Waals surface area contributed by atoms with Gasteiger partial charge in [-0.2, -0.15) is 0 Å². The maximum atomic E-state index is 13.0. The number of fused-ring (bicyclic) bond motifs is 1. The SMILES string of the molecule is Cc1nc2cc(N[C@@H](C(=O)N3CCCC3)c3ccccc3)ccc2o1. The Morgan fingerprint density at radius 1 is 1.16 bits per heavy atom. The monoisotopic (exact) mass is 335 g/mol. The highest BCUT2D eigenvalue weighted by Crippen LogP contribution is 2.26. The van der Waals surface area contributed by atoms with Crippen molar-refractivity contribution < 1.29 is 9.21 Å². The van der Waals surface area contributed by atoms with Gasteiger partial charge in [0.2, 0.25) is 5.91 Å². The van der Waals surface area contributed by atoms with Crippen molar-refractivity contribution >= 4 is 22.7 Å². The molecule has 0 unspecified atom stereocenters. The molecule has 5 heteroatoms. The number of nitrogens with zero attached hydrogens (tertiary/aromatic N) is 2. The maximum Gasteiger partial charge on any atom is 0.249 e. The number of nitrogens with one attached hydrogen (secondary N) is 1. The highest BCUT2D eigenvalue weighted by molar-refractivity contribution is 5.87. The summed E-state index contributed by atoms with van der Waals surface area (Å²) < 4.78 is 5.53. The molecule has 1 aromatic heterocycles. The fourth-order valence-corrected chi connectivity index (χ4v) is 3.35. The van der Waals surface area contributed by atoms with Crippen molar-refractivity contribution in [1.29, 1.82) is 0 Å². The van der Waals surface area contributed by atoms with Gasteiger partial charge in [-0.1, -0.05) is 30.3 Å². The number of aryl methyl sites for hydroxylation is 1. The summed E-state index contributed by atoms with van der Waals surface area (Å²) in [5.41, 5.74) is 3.38. The minimum Gasteiger partial charge on any atom is -0.441 e. The van der Waals surface area contributed by atoms with Crippen LogP contribution in [0.4, 0.5) is 5.69 Å². The van der Waals surface area contributed by atoms with Crippen molar-refractivity contribution in [2.45, 2.75) is 25.8 Å². The lowest BCUT2D eigenvalue weighted by molar-refractivity contribution is -0.131. The molecule has 128 valence electrons. The summed E-state index contributed by atoms with van der Waals surface area (Å²) in [4.78, 5) is 19.4. The van der Waals surface area contributed by atoms with E-state index in [4.69, 9.17) is 4.42 Å². The number of likely N-dealkylation sites (tertiary alicyclic amines) is 1. The van der Waals surface area contributed by atoms with Crippen molar-refractivity contribution in [3.8, 4) is 0 Å². The minimum atomic E-state index is -0.398. The molecule has 1 aliphatic rings. The fraction of sp³-hybridized carbons (Fsp3) is 0.300. The van der Waals surface area contributed by atoms with Crippen LogP contribution in [0.3, 0.4) is 0 Å². The first-order valence-corrected chi connectivity index (χ1v) is 8.68. The minimum absolute atomic E-state index is 0.125. The average Bonchev–Trinajstić information content (AvgIpc) is 3.28. The topological polar surface area (TPSA) is 58.4 Å². The molecule has 5 nitrogen and oxygen atoms in total. The summed E-state index contributed by atoms with van der Waals surface area (Å²) >= 11 is 0. The van der Waals surface area contributed by atoms with E-state index in [9.17, 15) is 4.79 Å². The Balaban J connectivity index is 1.65. The number of hydrogen-bond acceptors (Lipinski definition) is 4. The Morgan fingerprint density at radius 3 is 2.68 bits per heavy atom. The Hall–Kier alpha value is -2.82. The van der Waals surface area contributed by atoms with E-state index in [1.54, 1.807) is 0 Å². The second-order valence-corrected chi connectivity index (χ2v) is 6.44. The van der Waals surface area contributed by atoms with E-state index in [-0.39, 0.29) is 5.91 Å². The van der Waals surface area contributed by atoms with E-state index >= 15 is 0 Å². The highest BCUT2D eigenvalue weighted by Gasteiger charge is 2.27. The van der Waals surface area contributed by atoms with Gasteiger partial charge in [0, 0.05) is 25.7 Å². The van der Waals surface area contributed by atoms with Crippen molar-refractivity contribution in [3.63, 3.8) is 0 Å². The van der Waals surface area contributed by atoms with Gasteiger partial charge in [-0.15, -0.1) is 0 Å². The molecule has 1 saturated heterocycles. The van der Waals surface area contributed by atoms with Crippen LogP contribution in [0.1, 0.15) is 30.3 Å². The van der Waals surface area contributed by atoms with E-state index in [2.05, 4.69) is 10.3 Å². The summed E-state index contributed by atoms with van der Waals surface area (Å²) in [5, 5.41) is 3.40. The molecule has 2 aromatic carbocycles. The standard InChI is InChI=1S/C20H21N3O2/c1-14-21-17-13-16(9-10-18(17)25-14)22-19(15-7-3-2-4-8-15)20(24)23-11-5-6-12-23/h2-4,7-10,13,19,22H,5-6,11-12H2,1H3/t19-/m1/s1. The Bertz CT molecular complexity index is 882.